The lowest BCUT2D eigenvalue weighted by atomic mass is 10.3. The largest absolute Gasteiger partial charge is 0.388 e. The number of aromatic nitrogens is 2. The number of nitrogens with two attached hydrogens (primary N) is 1. The summed E-state index contributed by atoms with van der Waals surface area (Å²) in [6.07, 6.45) is 2.68. The van der Waals surface area contributed by atoms with E-state index in [0.29, 0.717) is 5.69 Å². The van der Waals surface area contributed by atoms with Gasteiger partial charge in [0.25, 0.3) is 0 Å². The Balaban J connectivity index is 2.24. The first kappa shape index (κ1) is 12.3. The van der Waals surface area contributed by atoms with E-state index in [1.165, 1.54) is 24.5 Å². The summed E-state index contributed by atoms with van der Waals surface area (Å²) in [7, 11) is 0. The number of nitrogens with one attached hydrogen (secondary N) is 1. The second kappa shape index (κ2) is 5.01. The second-order valence-electron chi connectivity index (χ2n) is 3.38. The zero-order valence-corrected chi connectivity index (χ0v) is 9.84. The molecule has 92 valence electrons. The molecule has 1 aromatic heterocycles. The number of hydrogen-bond acceptors (Lipinski definition) is 4. The van der Waals surface area contributed by atoms with Crippen LogP contribution >= 0.6 is 12.2 Å². The van der Waals surface area contributed by atoms with Gasteiger partial charge in [-0.2, -0.15) is 0 Å². The monoisotopic (exact) mass is 266 g/mol. The molecule has 0 saturated carbocycles. The summed E-state index contributed by atoms with van der Waals surface area (Å²) in [5.74, 6) is -1.65. The van der Waals surface area contributed by atoms with Crippen LogP contribution in [0.5, 0.6) is 0 Å². The topological polar surface area (TPSA) is 63.8 Å². The average molecular weight is 266 g/mol. The maximum absolute atomic E-state index is 13.4. The maximum atomic E-state index is 13.4. The molecule has 0 bridgehead atoms. The lowest BCUT2D eigenvalue weighted by molar-refractivity contribution is 0.511. The van der Waals surface area contributed by atoms with Gasteiger partial charge in [0.2, 0.25) is 0 Å². The summed E-state index contributed by atoms with van der Waals surface area (Å²) in [4.78, 5) is 7.97. The number of rotatable bonds is 3. The lowest BCUT2D eigenvalue weighted by Gasteiger charge is -2.07. The summed E-state index contributed by atoms with van der Waals surface area (Å²) in [5.41, 5.74) is 5.70. The van der Waals surface area contributed by atoms with E-state index in [-0.39, 0.29) is 16.5 Å². The third-order valence-corrected chi connectivity index (χ3v) is 2.33. The van der Waals surface area contributed by atoms with Crippen LogP contribution in [0.2, 0.25) is 0 Å². The first-order valence-electron chi connectivity index (χ1n) is 4.91. The molecule has 3 N–H and O–H groups in total. The highest BCUT2D eigenvalue weighted by atomic mass is 32.1. The van der Waals surface area contributed by atoms with Gasteiger partial charge in [0, 0.05) is 0 Å². The molecule has 0 aliphatic heterocycles. The van der Waals surface area contributed by atoms with Crippen LogP contribution in [0.25, 0.3) is 0 Å². The number of nitrogens with zero attached hydrogens (tertiary/aromatic N) is 2. The van der Waals surface area contributed by atoms with Crippen LogP contribution in [0.15, 0.2) is 30.6 Å². The molecular formula is C11H8F2N4S. The van der Waals surface area contributed by atoms with Crippen molar-refractivity contribution < 1.29 is 8.78 Å². The summed E-state index contributed by atoms with van der Waals surface area (Å²) in [6, 6.07) is 3.81. The molecule has 0 unspecified atom stereocenters. The van der Waals surface area contributed by atoms with Crippen LogP contribution in [0, 0.1) is 11.6 Å². The Kier molecular flexibility index (Phi) is 3.42. The Bertz CT molecular complexity index is 586. The molecule has 1 aromatic carbocycles. The number of hydrogen-bond donors (Lipinski definition) is 2. The summed E-state index contributed by atoms with van der Waals surface area (Å²) in [6.45, 7) is 0. The van der Waals surface area contributed by atoms with E-state index in [0.717, 1.165) is 6.07 Å². The van der Waals surface area contributed by atoms with Crippen molar-refractivity contribution in [2.24, 2.45) is 5.73 Å². The average Bonchev–Trinajstić information content (AvgIpc) is 2.36. The van der Waals surface area contributed by atoms with Gasteiger partial charge in [-0.1, -0.05) is 18.3 Å². The van der Waals surface area contributed by atoms with E-state index >= 15 is 0 Å². The molecule has 2 rings (SSSR count). The molecular weight excluding hydrogens is 258 g/mol. The van der Waals surface area contributed by atoms with Crippen molar-refractivity contribution in [1.29, 1.82) is 0 Å². The van der Waals surface area contributed by atoms with E-state index in [2.05, 4.69) is 15.3 Å². The normalized spacial score (nSPS) is 10.1. The predicted octanol–water partition coefficient (Wildman–Crippen LogP) is 2.13. The van der Waals surface area contributed by atoms with Crippen LogP contribution in [-0.2, 0) is 0 Å². The van der Waals surface area contributed by atoms with Crippen molar-refractivity contribution in [3.8, 4) is 0 Å². The Morgan fingerprint density at radius 1 is 1.22 bits per heavy atom. The van der Waals surface area contributed by atoms with E-state index in [1.807, 2.05) is 0 Å². The first-order chi connectivity index (χ1) is 8.58. The minimum atomic E-state index is -0.974. The Labute approximate surface area is 107 Å². The van der Waals surface area contributed by atoms with E-state index in [9.17, 15) is 8.78 Å². The second-order valence-corrected chi connectivity index (χ2v) is 3.82. The van der Waals surface area contributed by atoms with Crippen LogP contribution in [0.3, 0.4) is 0 Å². The molecule has 18 heavy (non-hydrogen) atoms. The molecule has 0 radical (unpaired) electrons. The fourth-order valence-electron chi connectivity index (χ4n) is 1.26. The highest BCUT2D eigenvalue weighted by Crippen LogP contribution is 2.19. The van der Waals surface area contributed by atoms with Crippen molar-refractivity contribution in [2.45, 2.75) is 0 Å². The van der Waals surface area contributed by atoms with Crippen LogP contribution in [0.1, 0.15) is 5.69 Å². The Morgan fingerprint density at radius 2 is 2.00 bits per heavy atom. The highest BCUT2D eigenvalue weighted by molar-refractivity contribution is 7.80. The zero-order chi connectivity index (χ0) is 13.1. The minimum Gasteiger partial charge on any atom is -0.388 e. The quantitative estimate of drug-likeness (QED) is 0.833. The number of halogens is 2. The van der Waals surface area contributed by atoms with E-state index in [1.54, 1.807) is 0 Å². The predicted molar refractivity (Wildman–Crippen MR) is 67.6 cm³/mol. The Morgan fingerprint density at radius 3 is 2.61 bits per heavy atom. The van der Waals surface area contributed by atoms with Gasteiger partial charge >= 0.3 is 0 Å². The SMILES string of the molecule is NC(=S)c1cnc(Nc2cccc(F)c2F)cn1. The zero-order valence-electron chi connectivity index (χ0n) is 9.02. The first-order valence-corrected chi connectivity index (χ1v) is 5.31. The summed E-state index contributed by atoms with van der Waals surface area (Å²) >= 11 is 4.72. The molecule has 2 aromatic rings. The highest BCUT2D eigenvalue weighted by Gasteiger charge is 2.08. The van der Waals surface area contributed by atoms with Crippen molar-refractivity contribution in [3.05, 3.63) is 47.9 Å². The fraction of sp³-hybridized carbons (Fsp3) is 0. The van der Waals surface area contributed by atoms with Gasteiger partial charge in [0.05, 0.1) is 18.1 Å². The molecule has 1 heterocycles. The number of thiocarbonyl (C=S) groups is 1. The smallest absolute Gasteiger partial charge is 0.182 e. The van der Waals surface area contributed by atoms with Crippen molar-refractivity contribution in [1.82, 2.24) is 9.97 Å². The third kappa shape index (κ3) is 2.57. The number of anilines is 2. The van der Waals surface area contributed by atoms with Crippen LogP contribution in [-0.4, -0.2) is 15.0 Å². The molecule has 0 aliphatic carbocycles. The maximum Gasteiger partial charge on any atom is 0.182 e. The lowest BCUT2D eigenvalue weighted by Crippen LogP contribution is -2.12. The van der Waals surface area contributed by atoms with E-state index < -0.39 is 11.6 Å². The Hall–Kier alpha value is -2.15. The molecule has 4 nitrogen and oxygen atoms in total. The van der Waals surface area contributed by atoms with Gasteiger partial charge in [-0.05, 0) is 12.1 Å². The van der Waals surface area contributed by atoms with Gasteiger partial charge in [0.1, 0.15) is 16.5 Å². The van der Waals surface area contributed by atoms with Gasteiger partial charge in [-0.3, -0.25) is 0 Å². The van der Waals surface area contributed by atoms with Gasteiger partial charge in [-0.25, -0.2) is 18.7 Å². The molecule has 0 saturated heterocycles. The van der Waals surface area contributed by atoms with E-state index in [4.69, 9.17) is 18.0 Å². The van der Waals surface area contributed by atoms with Crippen LogP contribution in [0.4, 0.5) is 20.3 Å². The summed E-state index contributed by atoms with van der Waals surface area (Å²) < 4.78 is 26.3. The summed E-state index contributed by atoms with van der Waals surface area (Å²) in [5, 5.41) is 2.61. The fourth-order valence-corrected chi connectivity index (χ4v) is 1.36. The molecule has 0 amide bonds. The van der Waals surface area contributed by atoms with Gasteiger partial charge in [0.15, 0.2) is 11.6 Å². The van der Waals surface area contributed by atoms with Crippen LogP contribution < -0.4 is 11.1 Å². The van der Waals surface area contributed by atoms with Gasteiger partial charge < -0.3 is 11.1 Å². The molecule has 7 heteroatoms. The number of benzene rings is 1. The minimum absolute atomic E-state index is 0.0209. The molecule has 0 aliphatic rings. The standard InChI is InChI=1S/C11H8F2N4S/c12-6-2-1-3-7(10(6)13)17-9-5-15-8(4-16-9)11(14)18/h1-5H,(H2,14,18)(H,16,17). The van der Waals surface area contributed by atoms with Crippen molar-refractivity contribution in [2.75, 3.05) is 5.32 Å². The van der Waals surface area contributed by atoms with Crippen molar-refractivity contribution in [3.63, 3.8) is 0 Å². The third-order valence-electron chi connectivity index (χ3n) is 2.12. The van der Waals surface area contributed by atoms with Crippen molar-refractivity contribution >= 4 is 28.7 Å². The van der Waals surface area contributed by atoms with Gasteiger partial charge in [-0.15, -0.1) is 0 Å². The molecule has 0 atom stereocenters. The molecule has 0 spiro atoms. The molecule has 0 fully saturated rings.